The average Bonchev–Trinajstić information content (AvgIpc) is 3.01. The van der Waals surface area contributed by atoms with E-state index in [1.54, 1.807) is 29.0 Å². The molecule has 1 unspecified atom stereocenters. The van der Waals surface area contributed by atoms with Crippen LogP contribution in [0, 0.1) is 5.92 Å². The van der Waals surface area contributed by atoms with Crippen molar-refractivity contribution in [3.05, 3.63) is 46.7 Å². The van der Waals surface area contributed by atoms with E-state index in [1.165, 1.54) is 0 Å². The molecule has 0 spiro atoms. The first-order chi connectivity index (χ1) is 10.9. The third kappa shape index (κ3) is 5.33. The Morgan fingerprint density at radius 2 is 2.12 bits per heavy atom. The summed E-state index contributed by atoms with van der Waals surface area (Å²) in [5, 5.41) is 4.28. The fourth-order valence-electron chi connectivity index (χ4n) is 2.19. The molecular weight excluding hydrogens is 392 g/mol. The van der Waals surface area contributed by atoms with Crippen molar-refractivity contribution in [2.24, 2.45) is 11.7 Å². The molecule has 0 fully saturated rings. The van der Waals surface area contributed by atoms with Crippen molar-refractivity contribution in [2.45, 2.75) is 26.3 Å². The number of hydrogen-bond donors (Lipinski definition) is 1. The van der Waals surface area contributed by atoms with Crippen molar-refractivity contribution in [3.63, 3.8) is 0 Å². The van der Waals surface area contributed by atoms with E-state index in [4.69, 9.17) is 5.73 Å². The Labute approximate surface area is 157 Å². The van der Waals surface area contributed by atoms with Crippen LogP contribution in [0.4, 0.5) is 0 Å². The van der Waals surface area contributed by atoms with E-state index >= 15 is 0 Å². The number of carbonyl (C=O) groups is 1. The predicted molar refractivity (Wildman–Crippen MR) is 103 cm³/mol. The number of amides is 1. The standard InChI is InChI=1S/C17H23BrN4O.ClH/c1-12(2)16(19)7-8-21(3)17(23)13-10-20-22(11-13)15-6-4-5-14(18)9-15;/h4-6,9-12,16H,7-8,19H2,1-3H3;1H. The van der Waals surface area contributed by atoms with Gasteiger partial charge in [-0.15, -0.1) is 12.4 Å². The minimum absolute atomic E-state index is 0. The van der Waals surface area contributed by atoms with Gasteiger partial charge in [0.1, 0.15) is 0 Å². The summed E-state index contributed by atoms with van der Waals surface area (Å²) in [5.41, 5.74) is 7.52. The molecule has 24 heavy (non-hydrogen) atoms. The number of aromatic nitrogens is 2. The van der Waals surface area contributed by atoms with Gasteiger partial charge < -0.3 is 10.6 Å². The molecule has 0 radical (unpaired) electrons. The van der Waals surface area contributed by atoms with Gasteiger partial charge in [0.15, 0.2) is 0 Å². The highest BCUT2D eigenvalue weighted by molar-refractivity contribution is 9.10. The van der Waals surface area contributed by atoms with Crippen LogP contribution in [0.15, 0.2) is 41.1 Å². The Balaban J connectivity index is 0.00000288. The molecule has 2 N–H and O–H groups in total. The fraction of sp³-hybridized carbons (Fsp3) is 0.412. The Hall–Kier alpha value is -1.37. The predicted octanol–water partition coefficient (Wildman–Crippen LogP) is 3.50. The Morgan fingerprint density at radius 1 is 1.42 bits per heavy atom. The van der Waals surface area contributed by atoms with Crippen LogP contribution >= 0.6 is 28.3 Å². The molecule has 0 aliphatic heterocycles. The molecule has 1 aromatic carbocycles. The van der Waals surface area contributed by atoms with E-state index in [0.29, 0.717) is 18.0 Å². The van der Waals surface area contributed by atoms with E-state index in [1.807, 2.05) is 24.3 Å². The van der Waals surface area contributed by atoms with Crippen LogP contribution < -0.4 is 5.73 Å². The first-order valence-corrected chi connectivity index (χ1v) is 8.49. The highest BCUT2D eigenvalue weighted by Gasteiger charge is 2.16. The van der Waals surface area contributed by atoms with Crippen LogP contribution in [0.2, 0.25) is 0 Å². The van der Waals surface area contributed by atoms with Crippen molar-refractivity contribution < 1.29 is 4.79 Å². The van der Waals surface area contributed by atoms with Crippen LogP contribution in [-0.2, 0) is 0 Å². The van der Waals surface area contributed by atoms with Crippen molar-refractivity contribution in [2.75, 3.05) is 13.6 Å². The smallest absolute Gasteiger partial charge is 0.256 e. The third-order valence-corrected chi connectivity index (χ3v) is 4.40. The summed E-state index contributed by atoms with van der Waals surface area (Å²) in [6.07, 6.45) is 4.14. The highest BCUT2D eigenvalue weighted by Crippen LogP contribution is 2.16. The first kappa shape index (κ1) is 20.7. The molecule has 0 bridgehead atoms. The number of nitrogens with zero attached hydrogens (tertiary/aromatic N) is 3. The lowest BCUT2D eigenvalue weighted by atomic mass is 10.0. The van der Waals surface area contributed by atoms with E-state index in [0.717, 1.165) is 16.6 Å². The maximum absolute atomic E-state index is 12.5. The lowest BCUT2D eigenvalue weighted by Gasteiger charge is -2.21. The summed E-state index contributed by atoms with van der Waals surface area (Å²) in [7, 11) is 1.80. The normalized spacial score (nSPS) is 11.9. The zero-order valence-electron chi connectivity index (χ0n) is 14.1. The van der Waals surface area contributed by atoms with Gasteiger partial charge in [0.05, 0.1) is 17.4 Å². The summed E-state index contributed by atoms with van der Waals surface area (Å²) in [6, 6.07) is 7.88. The van der Waals surface area contributed by atoms with Crippen LogP contribution in [0.3, 0.4) is 0 Å². The van der Waals surface area contributed by atoms with Gasteiger partial charge in [-0.3, -0.25) is 4.79 Å². The van der Waals surface area contributed by atoms with Crippen molar-refractivity contribution in [1.29, 1.82) is 0 Å². The van der Waals surface area contributed by atoms with Gasteiger partial charge in [-0.2, -0.15) is 5.10 Å². The van der Waals surface area contributed by atoms with E-state index in [-0.39, 0.29) is 24.4 Å². The number of hydrogen-bond acceptors (Lipinski definition) is 3. The topological polar surface area (TPSA) is 64.2 Å². The summed E-state index contributed by atoms with van der Waals surface area (Å²) < 4.78 is 2.67. The second kappa shape index (κ2) is 9.20. The zero-order chi connectivity index (χ0) is 17.0. The fourth-order valence-corrected chi connectivity index (χ4v) is 2.58. The number of rotatable bonds is 6. The molecule has 7 heteroatoms. The number of nitrogens with two attached hydrogens (primary N) is 1. The minimum atomic E-state index is -0.0396. The molecule has 1 amide bonds. The van der Waals surface area contributed by atoms with Crippen LogP contribution in [0.1, 0.15) is 30.6 Å². The maximum atomic E-state index is 12.5. The first-order valence-electron chi connectivity index (χ1n) is 7.70. The molecule has 2 rings (SSSR count). The molecule has 1 atom stereocenters. The third-order valence-electron chi connectivity index (χ3n) is 3.90. The zero-order valence-corrected chi connectivity index (χ0v) is 16.5. The number of carbonyl (C=O) groups excluding carboxylic acids is 1. The number of halogens is 2. The molecule has 132 valence electrons. The van der Waals surface area contributed by atoms with Gasteiger partial charge in [-0.1, -0.05) is 35.8 Å². The largest absolute Gasteiger partial charge is 0.342 e. The van der Waals surface area contributed by atoms with Crippen molar-refractivity contribution >= 4 is 34.2 Å². The Bertz CT molecular complexity index is 674. The van der Waals surface area contributed by atoms with Gasteiger partial charge >= 0.3 is 0 Å². The van der Waals surface area contributed by atoms with E-state index in [2.05, 4.69) is 34.9 Å². The minimum Gasteiger partial charge on any atom is -0.342 e. The molecular formula is C17H24BrClN4O. The van der Waals surface area contributed by atoms with Gasteiger partial charge in [0.25, 0.3) is 5.91 Å². The Morgan fingerprint density at radius 3 is 2.75 bits per heavy atom. The lowest BCUT2D eigenvalue weighted by molar-refractivity contribution is 0.0789. The Kier molecular flexibility index (Phi) is 7.93. The quantitative estimate of drug-likeness (QED) is 0.785. The van der Waals surface area contributed by atoms with Crippen LogP contribution in [0.5, 0.6) is 0 Å². The molecule has 0 saturated carbocycles. The number of benzene rings is 1. The molecule has 1 aromatic heterocycles. The van der Waals surface area contributed by atoms with Crippen LogP contribution in [0.25, 0.3) is 5.69 Å². The summed E-state index contributed by atoms with van der Waals surface area (Å²) in [4.78, 5) is 14.2. The van der Waals surface area contributed by atoms with E-state index in [9.17, 15) is 4.79 Å². The lowest BCUT2D eigenvalue weighted by Crippen LogP contribution is -2.34. The van der Waals surface area contributed by atoms with Crippen molar-refractivity contribution in [1.82, 2.24) is 14.7 Å². The van der Waals surface area contributed by atoms with Crippen molar-refractivity contribution in [3.8, 4) is 5.69 Å². The molecule has 0 aliphatic carbocycles. The summed E-state index contributed by atoms with van der Waals surface area (Å²) in [6.45, 7) is 4.82. The molecule has 1 heterocycles. The average molecular weight is 416 g/mol. The molecule has 0 aliphatic rings. The summed E-state index contributed by atoms with van der Waals surface area (Å²) >= 11 is 3.44. The second-order valence-corrected chi connectivity index (χ2v) is 6.99. The molecule has 5 nitrogen and oxygen atoms in total. The molecule has 2 aromatic rings. The van der Waals surface area contributed by atoms with Crippen LogP contribution in [-0.4, -0.2) is 40.2 Å². The van der Waals surface area contributed by atoms with Gasteiger partial charge in [-0.05, 0) is 30.5 Å². The monoisotopic (exact) mass is 414 g/mol. The van der Waals surface area contributed by atoms with Gasteiger partial charge in [0, 0.05) is 30.3 Å². The van der Waals surface area contributed by atoms with Gasteiger partial charge in [-0.25, -0.2) is 4.68 Å². The van der Waals surface area contributed by atoms with E-state index < -0.39 is 0 Å². The summed E-state index contributed by atoms with van der Waals surface area (Å²) in [5.74, 6) is 0.375. The van der Waals surface area contributed by atoms with Gasteiger partial charge in [0.2, 0.25) is 0 Å². The second-order valence-electron chi connectivity index (χ2n) is 6.08. The maximum Gasteiger partial charge on any atom is 0.256 e. The molecule has 0 saturated heterocycles. The SMILES string of the molecule is CC(C)C(N)CCN(C)C(=O)c1cnn(-c2cccc(Br)c2)c1.Cl. The highest BCUT2D eigenvalue weighted by atomic mass is 79.9.